The van der Waals surface area contributed by atoms with Gasteiger partial charge in [0, 0.05) is 55.2 Å². The Kier molecular flexibility index (Phi) is 4.67. The first-order chi connectivity index (χ1) is 9.79. The molecule has 1 saturated heterocycles. The van der Waals surface area contributed by atoms with Gasteiger partial charge in [0.1, 0.15) is 0 Å². The number of nitrogens with two attached hydrogens (primary N) is 1. The predicted octanol–water partition coefficient (Wildman–Crippen LogP) is 2.15. The van der Waals surface area contributed by atoms with Crippen molar-refractivity contribution in [2.24, 2.45) is 0 Å². The van der Waals surface area contributed by atoms with Crippen LogP contribution in [0.5, 0.6) is 0 Å². The zero-order chi connectivity index (χ0) is 13.8. The van der Waals surface area contributed by atoms with Gasteiger partial charge in [-0.05, 0) is 17.9 Å². The second kappa shape index (κ2) is 6.67. The van der Waals surface area contributed by atoms with E-state index in [1.165, 1.54) is 35.8 Å². The monoisotopic (exact) mass is 308 g/mol. The highest BCUT2D eigenvalue weighted by molar-refractivity contribution is 7.15. The van der Waals surface area contributed by atoms with Crippen LogP contribution in [0.25, 0.3) is 0 Å². The van der Waals surface area contributed by atoms with Crippen LogP contribution in [0.1, 0.15) is 9.75 Å². The molecule has 6 heteroatoms. The molecule has 3 heterocycles. The summed E-state index contributed by atoms with van der Waals surface area (Å²) in [6.07, 6.45) is 3.09. The lowest BCUT2D eigenvalue weighted by Crippen LogP contribution is -2.46. The molecule has 108 valence electrons. The highest BCUT2D eigenvalue weighted by atomic mass is 32.1. The molecule has 4 nitrogen and oxygen atoms in total. The Morgan fingerprint density at radius 3 is 2.60 bits per heavy atom. The van der Waals surface area contributed by atoms with Crippen molar-refractivity contribution in [3.05, 3.63) is 33.5 Å². The van der Waals surface area contributed by atoms with Crippen LogP contribution < -0.4 is 5.73 Å². The molecule has 0 amide bonds. The second-order valence-electron chi connectivity index (χ2n) is 5.11. The Bertz CT molecular complexity index is 515. The SMILES string of the molecule is Nc1ncc(CN2CCN(CCc3cccs3)CC2)s1. The number of anilines is 1. The molecule has 1 fully saturated rings. The van der Waals surface area contributed by atoms with Gasteiger partial charge in [-0.25, -0.2) is 4.98 Å². The van der Waals surface area contributed by atoms with Crippen molar-refractivity contribution < 1.29 is 0 Å². The first-order valence-electron chi connectivity index (χ1n) is 6.97. The molecule has 0 atom stereocenters. The molecule has 2 aromatic rings. The van der Waals surface area contributed by atoms with Crippen LogP contribution >= 0.6 is 22.7 Å². The van der Waals surface area contributed by atoms with Gasteiger partial charge in [0.05, 0.1) is 0 Å². The van der Waals surface area contributed by atoms with Gasteiger partial charge >= 0.3 is 0 Å². The summed E-state index contributed by atoms with van der Waals surface area (Å²) in [4.78, 5) is 11.9. The van der Waals surface area contributed by atoms with E-state index in [4.69, 9.17) is 5.73 Å². The minimum Gasteiger partial charge on any atom is -0.375 e. The van der Waals surface area contributed by atoms with Crippen molar-refractivity contribution in [2.45, 2.75) is 13.0 Å². The van der Waals surface area contributed by atoms with Crippen LogP contribution in [0.2, 0.25) is 0 Å². The number of nitrogens with zero attached hydrogens (tertiary/aromatic N) is 3. The molecule has 2 N–H and O–H groups in total. The number of aromatic nitrogens is 1. The van der Waals surface area contributed by atoms with E-state index in [2.05, 4.69) is 32.3 Å². The third kappa shape index (κ3) is 3.79. The third-order valence-electron chi connectivity index (χ3n) is 3.67. The fraction of sp³-hybridized carbons (Fsp3) is 0.500. The average Bonchev–Trinajstić information content (AvgIpc) is 3.10. The number of rotatable bonds is 5. The molecule has 2 aromatic heterocycles. The number of thiazole rings is 1. The maximum absolute atomic E-state index is 5.67. The Morgan fingerprint density at radius 1 is 1.15 bits per heavy atom. The lowest BCUT2D eigenvalue weighted by molar-refractivity contribution is 0.129. The Hall–Kier alpha value is -0.950. The van der Waals surface area contributed by atoms with E-state index in [0.29, 0.717) is 5.13 Å². The summed E-state index contributed by atoms with van der Waals surface area (Å²) in [7, 11) is 0. The number of nitrogen functional groups attached to an aromatic ring is 1. The van der Waals surface area contributed by atoms with Gasteiger partial charge in [-0.2, -0.15) is 0 Å². The van der Waals surface area contributed by atoms with Crippen LogP contribution in [0.4, 0.5) is 5.13 Å². The van der Waals surface area contributed by atoms with Gasteiger partial charge in [-0.3, -0.25) is 4.90 Å². The van der Waals surface area contributed by atoms with Crippen LogP contribution in [0.3, 0.4) is 0 Å². The Labute approximate surface area is 127 Å². The Balaban J connectivity index is 1.40. The molecule has 0 unspecified atom stereocenters. The van der Waals surface area contributed by atoms with Gasteiger partial charge in [-0.15, -0.1) is 22.7 Å². The normalized spacial score (nSPS) is 17.6. The fourth-order valence-electron chi connectivity index (χ4n) is 2.51. The van der Waals surface area contributed by atoms with E-state index in [-0.39, 0.29) is 0 Å². The quantitative estimate of drug-likeness (QED) is 0.919. The van der Waals surface area contributed by atoms with E-state index in [9.17, 15) is 0 Å². The van der Waals surface area contributed by atoms with Gasteiger partial charge in [0.25, 0.3) is 0 Å². The predicted molar refractivity (Wildman–Crippen MR) is 86.3 cm³/mol. The number of thiophene rings is 1. The smallest absolute Gasteiger partial charge is 0.180 e. The molecule has 0 saturated carbocycles. The molecule has 0 radical (unpaired) electrons. The molecule has 0 aromatic carbocycles. The molecule has 0 aliphatic carbocycles. The Morgan fingerprint density at radius 2 is 1.95 bits per heavy atom. The van der Waals surface area contributed by atoms with Crippen molar-refractivity contribution >= 4 is 27.8 Å². The number of hydrogen-bond acceptors (Lipinski definition) is 6. The summed E-state index contributed by atoms with van der Waals surface area (Å²) in [5.74, 6) is 0. The van der Waals surface area contributed by atoms with Crippen LogP contribution in [0.15, 0.2) is 23.7 Å². The highest BCUT2D eigenvalue weighted by Gasteiger charge is 2.17. The van der Waals surface area contributed by atoms with E-state index in [0.717, 1.165) is 19.6 Å². The van der Waals surface area contributed by atoms with E-state index >= 15 is 0 Å². The summed E-state index contributed by atoms with van der Waals surface area (Å²) < 4.78 is 0. The first-order valence-corrected chi connectivity index (χ1v) is 8.66. The van der Waals surface area contributed by atoms with Gasteiger partial charge in [0.2, 0.25) is 0 Å². The zero-order valence-electron chi connectivity index (χ0n) is 11.5. The number of piperazine rings is 1. The van der Waals surface area contributed by atoms with Crippen molar-refractivity contribution in [3.63, 3.8) is 0 Å². The number of hydrogen-bond donors (Lipinski definition) is 1. The minimum absolute atomic E-state index is 0.676. The van der Waals surface area contributed by atoms with Crippen molar-refractivity contribution in [3.8, 4) is 0 Å². The summed E-state index contributed by atoms with van der Waals surface area (Å²) in [5, 5.41) is 2.84. The lowest BCUT2D eigenvalue weighted by atomic mass is 10.2. The van der Waals surface area contributed by atoms with Crippen LogP contribution in [-0.2, 0) is 13.0 Å². The average molecular weight is 308 g/mol. The molecule has 3 rings (SSSR count). The maximum Gasteiger partial charge on any atom is 0.180 e. The van der Waals surface area contributed by atoms with Crippen molar-refractivity contribution in [1.29, 1.82) is 0 Å². The van der Waals surface area contributed by atoms with Crippen LogP contribution in [-0.4, -0.2) is 47.5 Å². The maximum atomic E-state index is 5.67. The van der Waals surface area contributed by atoms with Gasteiger partial charge in [-0.1, -0.05) is 6.07 Å². The van der Waals surface area contributed by atoms with Crippen molar-refractivity contribution in [1.82, 2.24) is 14.8 Å². The molecular weight excluding hydrogens is 288 g/mol. The summed E-state index contributed by atoms with van der Waals surface area (Å²) >= 11 is 3.47. The van der Waals surface area contributed by atoms with Crippen LogP contribution in [0, 0.1) is 0 Å². The summed E-state index contributed by atoms with van der Waals surface area (Å²) in [6.45, 7) is 6.79. The molecule has 1 aliphatic rings. The molecular formula is C14H20N4S2. The van der Waals surface area contributed by atoms with E-state index in [1.807, 2.05) is 17.5 Å². The second-order valence-corrected chi connectivity index (χ2v) is 7.29. The zero-order valence-corrected chi connectivity index (χ0v) is 13.1. The highest BCUT2D eigenvalue weighted by Crippen LogP contribution is 2.17. The molecule has 1 aliphatic heterocycles. The van der Waals surface area contributed by atoms with E-state index in [1.54, 1.807) is 11.3 Å². The third-order valence-corrected chi connectivity index (χ3v) is 5.42. The van der Waals surface area contributed by atoms with Crippen molar-refractivity contribution in [2.75, 3.05) is 38.5 Å². The topological polar surface area (TPSA) is 45.4 Å². The first kappa shape index (κ1) is 14.0. The minimum atomic E-state index is 0.676. The standard InChI is InChI=1S/C14H20N4S2/c15-14-16-10-13(20-14)11-18-7-5-17(6-8-18)4-3-12-2-1-9-19-12/h1-2,9-10H,3-8,11H2,(H2,15,16). The fourth-order valence-corrected chi connectivity index (χ4v) is 3.94. The van der Waals surface area contributed by atoms with E-state index < -0.39 is 0 Å². The molecule has 20 heavy (non-hydrogen) atoms. The summed E-state index contributed by atoms with van der Waals surface area (Å²) in [6, 6.07) is 4.37. The van der Waals surface area contributed by atoms with Gasteiger partial charge in [0.15, 0.2) is 5.13 Å². The largest absolute Gasteiger partial charge is 0.375 e. The van der Waals surface area contributed by atoms with Gasteiger partial charge < -0.3 is 10.6 Å². The summed E-state index contributed by atoms with van der Waals surface area (Å²) in [5.41, 5.74) is 5.67. The molecule has 0 spiro atoms. The molecule has 0 bridgehead atoms. The lowest BCUT2D eigenvalue weighted by Gasteiger charge is -2.34.